The molecular weight excluding hydrogens is 195 g/mol. The average Bonchev–Trinajstić information content (AvgIpc) is 1.59. The first-order chi connectivity index (χ1) is 4.46. The van der Waals surface area contributed by atoms with Gasteiger partial charge in [-0.15, -0.1) is 0 Å². The Hall–Kier alpha value is -0.684. The maximum Gasteiger partial charge on any atom is 0.321 e. The summed E-state index contributed by atoms with van der Waals surface area (Å²) in [6, 6.07) is 0. The van der Waals surface area contributed by atoms with Crippen LogP contribution < -0.4 is 0 Å². The van der Waals surface area contributed by atoms with Gasteiger partial charge in [-0.1, -0.05) is 0 Å². The Labute approximate surface area is 74.2 Å². The summed E-state index contributed by atoms with van der Waals surface area (Å²) in [6.45, 7) is 2.17. The molecule has 0 aliphatic heterocycles. The molecule has 0 unspecified atom stereocenters. The van der Waals surface area contributed by atoms with Crippen molar-refractivity contribution in [3.63, 3.8) is 0 Å². The molecule has 0 aromatic carbocycles. The van der Waals surface area contributed by atoms with Crippen molar-refractivity contribution in [1.82, 2.24) is 0 Å². The van der Waals surface area contributed by atoms with Gasteiger partial charge in [0.15, 0.2) is 17.5 Å². The van der Waals surface area contributed by atoms with E-state index in [0.29, 0.717) is 0 Å². The summed E-state index contributed by atoms with van der Waals surface area (Å²) < 4.78 is 0. The van der Waals surface area contributed by atoms with E-state index < -0.39 is 23.5 Å². The molecule has 0 heterocycles. The summed E-state index contributed by atoms with van der Waals surface area (Å²) in [5.41, 5.74) is 0. The monoisotopic (exact) mass is 203 g/mol. The third-order valence-corrected chi connectivity index (χ3v) is 1.06. The quantitative estimate of drug-likeness (QED) is 0.648. The number of hydrogen-bond acceptors (Lipinski definition) is 3. The fraction of sp³-hybridized carbons (Fsp3) is 0.500. The van der Waals surface area contributed by atoms with Crippen molar-refractivity contribution in [1.29, 1.82) is 0 Å². The number of ketones is 2. The molecule has 0 aromatic rings. The zero-order valence-corrected chi connectivity index (χ0v) is 7.12. The molecule has 0 aliphatic rings. The van der Waals surface area contributed by atoms with Gasteiger partial charge in [0, 0.05) is 16.8 Å². The number of aliphatic carboxylic acids is 1. The first-order valence-corrected chi connectivity index (χ1v) is 2.70. The number of Topliss-reactive ketones (excluding diaryl/α,β-unsaturated/α-hetero) is 2. The van der Waals surface area contributed by atoms with Gasteiger partial charge in [-0.2, -0.15) is 0 Å². The van der Waals surface area contributed by atoms with Crippen LogP contribution in [0.5, 0.6) is 0 Å². The molecule has 11 heavy (non-hydrogen) atoms. The van der Waals surface area contributed by atoms with E-state index in [0.717, 1.165) is 13.8 Å². The third kappa shape index (κ3) is 3.89. The second-order valence-corrected chi connectivity index (χ2v) is 1.99. The largest absolute Gasteiger partial charge is 0.480 e. The smallest absolute Gasteiger partial charge is 0.321 e. The van der Waals surface area contributed by atoms with Crippen LogP contribution >= 0.6 is 0 Å². The van der Waals surface area contributed by atoms with Gasteiger partial charge in [0.05, 0.1) is 0 Å². The summed E-state index contributed by atoms with van der Waals surface area (Å²) in [5, 5.41) is 8.27. The summed E-state index contributed by atoms with van der Waals surface area (Å²) in [7, 11) is 0. The first kappa shape index (κ1) is 12.9. The fourth-order valence-corrected chi connectivity index (χ4v) is 0.634. The number of carboxylic acid groups (broad SMARTS) is 1. The van der Waals surface area contributed by atoms with Crippen molar-refractivity contribution in [3.05, 3.63) is 0 Å². The molecule has 0 fully saturated rings. The molecule has 4 nitrogen and oxygen atoms in total. The van der Waals surface area contributed by atoms with E-state index in [-0.39, 0.29) is 16.8 Å². The van der Waals surface area contributed by atoms with Gasteiger partial charge in [-0.3, -0.25) is 14.4 Å². The topological polar surface area (TPSA) is 71.4 Å². The van der Waals surface area contributed by atoms with E-state index in [4.69, 9.17) is 5.11 Å². The molecule has 5 heteroatoms. The maximum atomic E-state index is 10.4. The van der Waals surface area contributed by atoms with Crippen molar-refractivity contribution in [2.24, 2.45) is 5.92 Å². The Bertz CT molecular complexity index is 154. The van der Waals surface area contributed by atoms with Crippen molar-refractivity contribution < 1.29 is 36.3 Å². The normalized spacial score (nSPS) is 8.64. The zero-order chi connectivity index (χ0) is 8.31. The van der Waals surface area contributed by atoms with Crippen molar-refractivity contribution >= 4 is 17.5 Å². The van der Waals surface area contributed by atoms with Gasteiger partial charge < -0.3 is 5.11 Å². The fourth-order valence-electron chi connectivity index (χ4n) is 0.634. The molecule has 0 bridgehead atoms. The second-order valence-electron chi connectivity index (χ2n) is 1.99. The van der Waals surface area contributed by atoms with E-state index in [2.05, 4.69) is 0 Å². The number of rotatable bonds is 3. The second kappa shape index (κ2) is 5.03. The van der Waals surface area contributed by atoms with Crippen LogP contribution in [0.4, 0.5) is 0 Å². The average molecular weight is 203 g/mol. The molecule has 65 valence electrons. The predicted octanol–water partition coefficient (Wildman–Crippen LogP) is -0.137. The van der Waals surface area contributed by atoms with Crippen molar-refractivity contribution in [2.45, 2.75) is 13.8 Å². The van der Waals surface area contributed by atoms with Crippen LogP contribution in [0.3, 0.4) is 0 Å². The number of carboxylic acids is 1. The van der Waals surface area contributed by atoms with Crippen LogP contribution in [-0.4, -0.2) is 22.6 Å². The third-order valence-electron chi connectivity index (χ3n) is 1.06. The van der Waals surface area contributed by atoms with Crippen LogP contribution in [0.2, 0.25) is 0 Å². The minimum absolute atomic E-state index is 0. The van der Waals surface area contributed by atoms with Crippen molar-refractivity contribution in [2.75, 3.05) is 0 Å². The van der Waals surface area contributed by atoms with E-state index in [1.165, 1.54) is 0 Å². The maximum absolute atomic E-state index is 10.4. The Morgan fingerprint density at radius 2 is 1.36 bits per heavy atom. The zero-order valence-electron chi connectivity index (χ0n) is 6.08. The van der Waals surface area contributed by atoms with Gasteiger partial charge >= 0.3 is 5.97 Å². The summed E-state index contributed by atoms with van der Waals surface area (Å²) >= 11 is 0. The molecule has 0 aromatic heterocycles. The Morgan fingerprint density at radius 1 is 1.09 bits per heavy atom. The van der Waals surface area contributed by atoms with Gasteiger partial charge in [0.2, 0.25) is 0 Å². The molecule has 1 N–H and O–H groups in total. The first-order valence-electron chi connectivity index (χ1n) is 2.70. The van der Waals surface area contributed by atoms with Gasteiger partial charge in [-0.05, 0) is 13.8 Å². The summed E-state index contributed by atoms with van der Waals surface area (Å²) in [6.07, 6.45) is 0. The van der Waals surface area contributed by atoms with Crippen LogP contribution in [0.25, 0.3) is 0 Å². The molecular formula is C6H8CoO4. The molecule has 0 atom stereocenters. The van der Waals surface area contributed by atoms with E-state index in [9.17, 15) is 14.4 Å². The van der Waals surface area contributed by atoms with E-state index in [1.54, 1.807) is 0 Å². The van der Waals surface area contributed by atoms with Crippen molar-refractivity contribution in [3.8, 4) is 0 Å². The van der Waals surface area contributed by atoms with Crippen LogP contribution in [0.1, 0.15) is 13.8 Å². The molecule has 0 aliphatic carbocycles. The van der Waals surface area contributed by atoms with Crippen LogP contribution in [-0.2, 0) is 31.2 Å². The minimum Gasteiger partial charge on any atom is -0.480 e. The molecule has 0 saturated heterocycles. The molecule has 0 amide bonds. The number of hydrogen-bond donors (Lipinski definition) is 1. The van der Waals surface area contributed by atoms with Gasteiger partial charge in [-0.25, -0.2) is 0 Å². The molecule has 0 rings (SSSR count). The standard InChI is InChI=1S/C6H8O4.Co/c1-3(7)5(4(2)8)6(9)10;/h5H,1-2H3,(H,9,10);. The van der Waals surface area contributed by atoms with Crippen LogP contribution in [0, 0.1) is 5.92 Å². The van der Waals surface area contributed by atoms with Gasteiger partial charge in [0.25, 0.3) is 0 Å². The Kier molecular flexibility index (Phi) is 5.92. The summed E-state index contributed by atoms with van der Waals surface area (Å²) in [4.78, 5) is 31.0. The molecule has 1 radical (unpaired) electrons. The van der Waals surface area contributed by atoms with E-state index in [1.807, 2.05) is 0 Å². The van der Waals surface area contributed by atoms with E-state index >= 15 is 0 Å². The van der Waals surface area contributed by atoms with Gasteiger partial charge in [0.1, 0.15) is 0 Å². The Morgan fingerprint density at radius 3 is 1.36 bits per heavy atom. The SMILES string of the molecule is CC(=O)C(C(C)=O)C(=O)O.[Co]. The Balaban J connectivity index is 0. The predicted molar refractivity (Wildman–Crippen MR) is 32.5 cm³/mol. The molecule has 0 saturated carbocycles. The van der Waals surface area contributed by atoms with Crippen LogP contribution in [0.15, 0.2) is 0 Å². The minimum atomic E-state index is -1.47. The number of carbonyl (C=O) groups excluding carboxylic acids is 2. The summed E-state index contributed by atoms with van der Waals surface area (Å²) in [5.74, 6) is -4.10. The number of carbonyl (C=O) groups is 3. The molecule has 0 spiro atoms.